The molecule has 1 aliphatic carbocycles. The van der Waals surface area contributed by atoms with Crippen LogP contribution in [0.15, 0.2) is 72.8 Å². The van der Waals surface area contributed by atoms with Gasteiger partial charge in [0.15, 0.2) is 0 Å². The summed E-state index contributed by atoms with van der Waals surface area (Å²) in [5.74, 6) is 0. The molecule has 0 heterocycles. The monoisotopic (exact) mass is 265 g/mol. The van der Waals surface area contributed by atoms with Crippen LogP contribution in [0.25, 0.3) is 32.7 Å². The molecule has 0 nitrogen and oxygen atoms in total. The Balaban J connectivity index is 1.89. The molecule has 0 aliphatic heterocycles. The van der Waals surface area contributed by atoms with Crippen LogP contribution in [0.2, 0.25) is 0 Å². The van der Waals surface area contributed by atoms with Crippen molar-refractivity contribution in [1.29, 1.82) is 0 Å². The van der Waals surface area contributed by atoms with E-state index >= 15 is 0 Å². The fourth-order valence-electron chi connectivity index (χ4n) is 3.45. The fraction of sp³-hybridized carbons (Fsp3) is 0. The Morgan fingerprint density at radius 2 is 1.29 bits per heavy atom. The second kappa shape index (κ2) is 3.95. The second-order valence-electron chi connectivity index (χ2n) is 5.68. The lowest BCUT2D eigenvalue weighted by Gasteiger charge is -2.08. The maximum atomic E-state index is 2.33. The van der Waals surface area contributed by atoms with Gasteiger partial charge in [-0.15, -0.1) is 0 Å². The Morgan fingerprint density at radius 3 is 2.19 bits per heavy atom. The average Bonchev–Trinajstić information content (AvgIpc) is 2.92. The minimum absolute atomic E-state index is 1.31. The van der Waals surface area contributed by atoms with Crippen LogP contribution in [-0.4, -0.2) is 0 Å². The van der Waals surface area contributed by atoms with Gasteiger partial charge in [0.1, 0.15) is 0 Å². The van der Waals surface area contributed by atoms with Crippen molar-refractivity contribution in [2.24, 2.45) is 0 Å². The van der Waals surface area contributed by atoms with Crippen LogP contribution in [0, 0.1) is 6.42 Å². The molecule has 0 fully saturated rings. The molecule has 0 amide bonds. The summed E-state index contributed by atoms with van der Waals surface area (Å²) >= 11 is 0. The lowest BCUT2D eigenvalue weighted by Crippen LogP contribution is -1.83. The highest BCUT2D eigenvalue weighted by Gasteiger charge is 2.20. The first-order chi connectivity index (χ1) is 10.4. The molecule has 1 radical (unpaired) electrons. The minimum atomic E-state index is 1.31. The van der Waals surface area contributed by atoms with Gasteiger partial charge in [0.2, 0.25) is 0 Å². The van der Waals surface area contributed by atoms with Crippen molar-refractivity contribution >= 4 is 21.5 Å². The fourth-order valence-corrected chi connectivity index (χ4v) is 3.45. The third kappa shape index (κ3) is 1.50. The Morgan fingerprint density at radius 1 is 0.524 bits per heavy atom. The summed E-state index contributed by atoms with van der Waals surface area (Å²) in [5.41, 5.74) is 5.39. The van der Waals surface area contributed by atoms with Gasteiger partial charge < -0.3 is 0 Å². The summed E-state index contributed by atoms with van der Waals surface area (Å²) in [6.07, 6.45) is 2.32. The van der Waals surface area contributed by atoms with Gasteiger partial charge in [-0.3, -0.25) is 0 Å². The highest BCUT2D eigenvalue weighted by molar-refractivity contribution is 6.04. The molecule has 4 aromatic carbocycles. The smallest absolute Gasteiger partial charge is 0.0218 e. The summed E-state index contributed by atoms with van der Waals surface area (Å²) in [7, 11) is 0. The molecule has 0 unspecified atom stereocenters. The van der Waals surface area contributed by atoms with Gasteiger partial charge in [-0.2, -0.15) is 0 Å². The lowest BCUT2D eigenvalue weighted by atomic mass is 9.96. The molecule has 5 rings (SSSR count). The Bertz CT molecular complexity index is 1010. The van der Waals surface area contributed by atoms with E-state index in [1.54, 1.807) is 0 Å². The Kier molecular flexibility index (Phi) is 2.09. The largest absolute Gasteiger partial charge is 0.0619 e. The molecule has 97 valence electrons. The molecule has 0 aromatic heterocycles. The van der Waals surface area contributed by atoms with Crippen LogP contribution < -0.4 is 0 Å². The van der Waals surface area contributed by atoms with E-state index in [1.165, 1.54) is 43.8 Å². The number of hydrogen-bond donors (Lipinski definition) is 0. The number of hydrogen-bond acceptors (Lipinski definition) is 0. The predicted octanol–water partition coefficient (Wildman–Crippen LogP) is 5.57. The molecule has 0 N–H and O–H groups in total. The number of benzene rings is 4. The second-order valence-corrected chi connectivity index (χ2v) is 5.68. The third-order valence-corrected chi connectivity index (χ3v) is 4.48. The van der Waals surface area contributed by atoms with Crippen LogP contribution >= 0.6 is 0 Å². The van der Waals surface area contributed by atoms with Crippen LogP contribution in [0.3, 0.4) is 0 Å². The zero-order valence-corrected chi connectivity index (χ0v) is 11.5. The van der Waals surface area contributed by atoms with Gasteiger partial charge in [-0.05, 0) is 55.9 Å². The molecule has 0 bridgehead atoms. The van der Waals surface area contributed by atoms with E-state index in [2.05, 4.69) is 79.2 Å². The first-order valence-corrected chi connectivity index (χ1v) is 7.30. The molecule has 0 saturated carbocycles. The summed E-state index contributed by atoms with van der Waals surface area (Å²) in [5, 5.41) is 5.28. The molecule has 1 aliphatic rings. The van der Waals surface area contributed by atoms with Crippen molar-refractivity contribution in [3.05, 3.63) is 90.3 Å². The van der Waals surface area contributed by atoms with E-state index in [4.69, 9.17) is 0 Å². The normalized spacial score (nSPS) is 12.6. The molecule has 0 atom stereocenters. The van der Waals surface area contributed by atoms with Gasteiger partial charge in [-0.1, -0.05) is 60.7 Å². The zero-order valence-electron chi connectivity index (χ0n) is 11.5. The number of rotatable bonds is 0. The van der Waals surface area contributed by atoms with Gasteiger partial charge in [0.05, 0.1) is 0 Å². The SMILES string of the molecule is [CH]1c2ccccc2-c2ccc3cc4ccccc4cc3c21. The van der Waals surface area contributed by atoms with Crippen molar-refractivity contribution in [2.75, 3.05) is 0 Å². The molecular formula is C21H13. The van der Waals surface area contributed by atoms with Crippen molar-refractivity contribution in [2.45, 2.75) is 0 Å². The van der Waals surface area contributed by atoms with E-state index in [0.717, 1.165) is 0 Å². The molecule has 21 heavy (non-hydrogen) atoms. The first-order valence-electron chi connectivity index (χ1n) is 7.30. The summed E-state index contributed by atoms with van der Waals surface area (Å²) in [6, 6.07) is 26.3. The van der Waals surface area contributed by atoms with Crippen molar-refractivity contribution in [3.63, 3.8) is 0 Å². The predicted molar refractivity (Wildman–Crippen MR) is 89.4 cm³/mol. The van der Waals surface area contributed by atoms with E-state index in [9.17, 15) is 0 Å². The minimum Gasteiger partial charge on any atom is -0.0619 e. The number of fused-ring (bicyclic) bond motifs is 6. The quantitative estimate of drug-likeness (QED) is 0.321. The molecule has 4 aromatic rings. The van der Waals surface area contributed by atoms with E-state index in [-0.39, 0.29) is 0 Å². The van der Waals surface area contributed by atoms with Gasteiger partial charge in [-0.25, -0.2) is 0 Å². The maximum absolute atomic E-state index is 2.33. The zero-order chi connectivity index (χ0) is 13.8. The third-order valence-electron chi connectivity index (χ3n) is 4.48. The highest BCUT2D eigenvalue weighted by Crippen LogP contribution is 2.42. The van der Waals surface area contributed by atoms with Crippen LogP contribution in [0.1, 0.15) is 11.1 Å². The summed E-state index contributed by atoms with van der Waals surface area (Å²) in [6.45, 7) is 0. The van der Waals surface area contributed by atoms with E-state index in [0.29, 0.717) is 0 Å². The Hall–Kier alpha value is -2.60. The van der Waals surface area contributed by atoms with Crippen molar-refractivity contribution < 1.29 is 0 Å². The van der Waals surface area contributed by atoms with E-state index in [1.807, 2.05) is 0 Å². The van der Waals surface area contributed by atoms with Crippen LogP contribution in [0.5, 0.6) is 0 Å². The van der Waals surface area contributed by atoms with Gasteiger partial charge in [0, 0.05) is 6.42 Å². The Labute approximate surface area is 123 Å². The van der Waals surface area contributed by atoms with Gasteiger partial charge >= 0.3 is 0 Å². The van der Waals surface area contributed by atoms with Crippen LogP contribution in [-0.2, 0) is 0 Å². The molecular weight excluding hydrogens is 252 g/mol. The first kappa shape index (κ1) is 11.1. The highest BCUT2D eigenvalue weighted by atomic mass is 14.2. The topological polar surface area (TPSA) is 0 Å². The average molecular weight is 265 g/mol. The van der Waals surface area contributed by atoms with E-state index < -0.39 is 0 Å². The molecule has 0 spiro atoms. The maximum Gasteiger partial charge on any atom is 0.0218 e. The molecule has 0 saturated heterocycles. The van der Waals surface area contributed by atoms with Crippen molar-refractivity contribution in [1.82, 2.24) is 0 Å². The van der Waals surface area contributed by atoms with Gasteiger partial charge in [0.25, 0.3) is 0 Å². The lowest BCUT2D eigenvalue weighted by molar-refractivity contribution is 1.57. The van der Waals surface area contributed by atoms with Crippen LogP contribution in [0.4, 0.5) is 0 Å². The summed E-state index contributed by atoms with van der Waals surface area (Å²) < 4.78 is 0. The summed E-state index contributed by atoms with van der Waals surface area (Å²) in [4.78, 5) is 0. The molecule has 0 heteroatoms. The van der Waals surface area contributed by atoms with Crippen molar-refractivity contribution in [3.8, 4) is 11.1 Å². The standard InChI is InChI=1S/C21H13/c1-2-6-15-12-20-17(11-14(15)5-1)9-10-19-18-8-4-3-7-16(18)13-21(19)20/h1-13H.